The van der Waals surface area contributed by atoms with E-state index in [0.717, 1.165) is 18.8 Å². The normalized spacial score (nSPS) is 9.55. The fourth-order valence-electron chi connectivity index (χ4n) is 0.733. The molecule has 4 heteroatoms. The number of hydrogen-bond donors (Lipinski definition) is 3. The summed E-state index contributed by atoms with van der Waals surface area (Å²) in [4.78, 5) is 3.90. The molecule has 0 aliphatic carbocycles. The van der Waals surface area contributed by atoms with Gasteiger partial charge in [0.25, 0.3) is 0 Å². The molecule has 0 atom stereocenters. The number of hydrogen-bond acceptors (Lipinski definition) is 4. The highest BCUT2D eigenvalue weighted by molar-refractivity contribution is 7.78. The van der Waals surface area contributed by atoms with Crippen LogP contribution in [-0.4, -0.2) is 18.1 Å². The molecule has 0 radical (unpaired) electrons. The largest absolute Gasteiger partial charge is 0.384 e. The van der Waals surface area contributed by atoms with Crippen molar-refractivity contribution in [3.05, 3.63) is 24.5 Å². The third-order valence-corrected chi connectivity index (χ3v) is 1.47. The molecule has 0 aromatic carbocycles. The van der Waals surface area contributed by atoms with Crippen LogP contribution in [0.2, 0.25) is 0 Å². The highest BCUT2D eigenvalue weighted by Gasteiger charge is 1.86. The van der Waals surface area contributed by atoms with Gasteiger partial charge in [0.15, 0.2) is 0 Å². The van der Waals surface area contributed by atoms with Crippen molar-refractivity contribution in [2.75, 3.05) is 18.4 Å². The predicted octanol–water partition coefficient (Wildman–Crippen LogP) is 0.928. The van der Waals surface area contributed by atoms with Crippen molar-refractivity contribution < 1.29 is 0 Å². The van der Waals surface area contributed by atoms with Crippen molar-refractivity contribution in [1.82, 2.24) is 9.71 Å². The summed E-state index contributed by atoms with van der Waals surface area (Å²) in [6.07, 6.45) is 3.52. The standard InChI is InChI=1S/C7H11N3S/c11-10-6-5-9-7-1-3-8-4-2-7/h1-4,10-11H,5-6H2,(H,8,9). The molecule has 0 unspecified atom stereocenters. The molecule has 0 fully saturated rings. The van der Waals surface area contributed by atoms with Gasteiger partial charge in [0, 0.05) is 31.2 Å². The van der Waals surface area contributed by atoms with Gasteiger partial charge in [0.05, 0.1) is 0 Å². The molecular formula is C7H11N3S. The van der Waals surface area contributed by atoms with Crippen LogP contribution in [0.25, 0.3) is 0 Å². The van der Waals surface area contributed by atoms with Gasteiger partial charge in [-0.25, -0.2) is 0 Å². The lowest BCUT2D eigenvalue weighted by atomic mass is 10.4. The summed E-state index contributed by atoms with van der Waals surface area (Å²) in [7, 11) is 0. The van der Waals surface area contributed by atoms with Gasteiger partial charge >= 0.3 is 0 Å². The molecule has 0 aliphatic rings. The summed E-state index contributed by atoms with van der Waals surface area (Å²) in [5, 5.41) is 3.19. The number of nitrogens with zero attached hydrogens (tertiary/aromatic N) is 1. The Morgan fingerprint density at radius 2 is 2.00 bits per heavy atom. The van der Waals surface area contributed by atoms with E-state index in [1.54, 1.807) is 12.4 Å². The predicted molar refractivity (Wildman–Crippen MR) is 49.7 cm³/mol. The zero-order valence-corrected chi connectivity index (χ0v) is 7.01. The second-order valence-electron chi connectivity index (χ2n) is 2.07. The van der Waals surface area contributed by atoms with Crippen molar-refractivity contribution >= 4 is 18.5 Å². The summed E-state index contributed by atoms with van der Waals surface area (Å²) in [5.41, 5.74) is 1.09. The molecule has 60 valence electrons. The van der Waals surface area contributed by atoms with Crippen LogP contribution in [0.4, 0.5) is 5.69 Å². The van der Waals surface area contributed by atoms with Crippen LogP contribution in [0.1, 0.15) is 0 Å². The number of anilines is 1. The summed E-state index contributed by atoms with van der Waals surface area (Å²) >= 11 is 3.86. The van der Waals surface area contributed by atoms with Crippen molar-refractivity contribution in [3.8, 4) is 0 Å². The van der Waals surface area contributed by atoms with Crippen LogP contribution < -0.4 is 10.0 Å². The number of thiol groups is 1. The highest BCUT2D eigenvalue weighted by Crippen LogP contribution is 2.01. The summed E-state index contributed by atoms with van der Waals surface area (Å²) < 4.78 is 2.75. The zero-order chi connectivity index (χ0) is 7.94. The molecule has 1 aromatic rings. The average Bonchev–Trinajstić information content (AvgIpc) is 2.07. The molecule has 0 bridgehead atoms. The van der Waals surface area contributed by atoms with E-state index in [1.165, 1.54) is 0 Å². The average molecular weight is 169 g/mol. The topological polar surface area (TPSA) is 37.0 Å². The Hall–Kier alpha value is -0.740. The Balaban J connectivity index is 2.28. The fraction of sp³-hybridized carbons (Fsp3) is 0.286. The minimum Gasteiger partial charge on any atom is -0.384 e. The van der Waals surface area contributed by atoms with E-state index in [-0.39, 0.29) is 0 Å². The Labute approximate surface area is 71.8 Å². The molecule has 1 heterocycles. The molecule has 3 nitrogen and oxygen atoms in total. The number of rotatable bonds is 4. The third kappa shape index (κ3) is 3.25. The van der Waals surface area contributed by atoms with Crippen molar-refractivity contribution in [3.63, 3.8) is 0 Å². The maximum Gasteiger partial charge on any atom is 0.0371 e. The van der Waals surface area contributed by atoms with Gasteiger partial charge in [-0.1, -0.05) is 12.8 Å². The van der Waals surface area contributed by atoms with E-state index in [1.807, 2.05) is 12.1 Å². The number of aromatic nitrogens is 1. The van der Waals surface area contributed by atoms with Crippen LogP contribution >= 0.6 is 12.8 Å². The molecule has 0 amide bonds. The van der Waals surface area contributed by atoms with Crippen LogP contribution in [0.15, 0.2) is 24.5 Å². The fourth-order valence-corrected chi connectivity index (χ4v) is 0.844. The maximum absolute atomic E-state index is 3.90. The van der Waals surface area contributed by atoms with Gasteiger partial charge in [-0.3, -0.25) is 9.71 Å². The number of pyridine rings is 1. The van der Waals surface area contributed by atoms with E-state index < -0.39 is 0 Å². The van der Waals surface area contributed by atoms with E-state index in [4.69, 9.17) is 0 Å². The first kappa shape index (κ1) is 8.36. The van der Waals surface area contributed by atoms with Crippen LogP contribution in [0, 0.1) is 0 Å². The first-order valence-corrected chi connectivity index (χ1v) is 3.89. The van der Waals surface area contributed by atoms with E-state index in [9.17, 15) is 0 Å². The molecule has 2 N–H and O–H groups in total. The summed E-state index contributed by atoms with van der Waals surface area (Å²) in [6.45, 7) is 1.71. The first-order valence-electron chi connectivity index (χ1n) is 3.44. The Morgan fingerprint density at radius 3 is 2.64 bits per heavy atom. The van der Waals surface area contributed by atoms with Crippen molar-refractivity contribution in [1.29, 1.82) is 0 Å². The zero-order valence-electron chi connectivity index (χ0n) is 6.12. The Kier molecular flexibility index (Phi) is 3.79. The minimum atomic E-state index is 0.839. The molecule has 0 spiro atoms. The van der Waals surface area contributed by atoms with Gasteiger partial charge in [0.1, 0.15) is 0 Å². The van der Waals surface area contributed by atoms with Gasteiger partial charge in [-0.2, -0.15) is 0 Å². The lowest BCUT2D eigenvalue weighted by Gasteiger charge is -2.03. The second kappa shape index (κ2) is 4.98. The molecule has 0 saturated carbocycles. The monoisotopic (exact) mass is 169 g/mol. The van der Waals surface area contributed by atoms with Gasteiger partial charge in [-0.05, 0) is 12.1 Å². The third-order valence-electron chi connectivity index (χ3n) is 1.25. The van der Waals surface area contributed by atoms with Gasteiger partial charge in [-0.15, -0.1) is 0 Å². The number of nitrogens with one attached hydrogen (secondary N) is 2. The summed E-state index contributed by atoms with van der Waals surface area (Å²) in [6, 6.07) is 3.86. The van der Waals surface area contributed by atoms with Crippen LogP contribution in [-0.2, 0) is 0 Å². The Bertz CT molecular complexity index is 190. The van der Waals surface area contributed by atoms with E-state index >= 15 is 0 Å². The molecule has 1 rings (SSSR count). The smallest absolute Gasteiger partial charge is 0.0371 e. The highest BCUT2D eigenvalue weighted by atomic mass is 32.1. The lowest BCUT2D eigenvalue weighted by molar-refractivity contribution is 0.961. The molecule has 0 saturated heterocycles. The maximum atomic E-state index is 3.90. The Morgan fingerprint density at radius 1 is 1.27 bits per heavy atom. The lowest BCUT2D eigenvalue weighted by Crippen LogP contribution is -2.13. The van der Waals surface area contributed by atoms with E-state index in [2.05, 4.69) is 27.8 Å². The summed E-state index contributed by atoms with van der Waals surface area (Å²) in [5.74, 6) is 0. The molecule has 11 heavy (non-hydrogen) atoms. The van der Waals surface area contributed by atoms with Crippen LogP contribution in [0.5, 0.6) is 0 Å². The molecule has 1 aromatic heterocycles. The molecular weight excluding hydrogens is 158 g/mol. The van der Waals surface area contributed by atoms with Crippen molar-refractivity contribution in [2.45, 2.75) is 0 Å². The first-order chi connectivity index (χ1) is 5.43. The SMILES string of the molecule is SNCCNc1ccncc1. The quantitative estimate of drug-likeness (QED) is 0.463. The van der Waals surface area contributed by atoms with Crippen LogP contribution in [0.3, 0.4) is 0 Å². The molecule has 0 aliphatic heterocycles. The minimum absolute atomic E-state index is 0.839. The van der Waals surface area contributed by atoms with Crippen molar-refractivity contribution in [2.24, 2.45) is 0 Å². The van der Waals surface area contributed by atoms with E-state index in [0.29, 0.717) is 0 Å². The van der Waals surface area contributed by atoms with Gasteiger partial charge < -0.3 is 5.32 Å². The van der Waals surface area contributed by atoms with Gasteiger partial charge in [0.2, 0.25) is 0 Å². The second-order valence-corrected chi connectivity index (χ2v) is 2.39.